The molecule has 16 heavy (non-hydrogen) atoms. The van der Waals surface area contributed by atoms with Crippen molar-refractivity contribution in [3.63, 3.8) is 0 Å². The second-order valence-electron chi connectivity index (χ2n) is 4.27. The molecule has 0 bridgehead atoms. The summed E-state index contributed by atoms with van der Waals surface area (Å²) < 4.78 is 11.8. The van der Waals surface area contributed by atoms with E-state index >= 15 is 0 Å². The van der Waals surface area contributed by atoms with Gasteiger partial charge in [0.2, 0.25) is 0 Å². The molecule has 0 spiro atoms. The van der Waals surface area contributed by atoms with Crippen molar-refractivity contribution in [1.82, 2.24) is 0 Å². The third-order valence-electron chi connectivity index (χ3n) is 2.87. The fourth-order valence-electron chi connectivity index (χ4n) is 1.70. The van der Waals surface area contributed by atoms with E-state index in [1.807, 2.05) is 0 Å². The van der Waals surface area contributed by atoms with Gasteiger partial charge in [-0.15, -0.1) is 11.3 Å². The average Bonchev–Trinajstić information content (AvgIpc) is 2.49. The third kappa shape index (κ3) is 2.05. The molecular formula is C11H16O2S3. The maximum atomic E-state index is 5.89. The molecule has 1 aromatic rings. The van der Waals surface area contributed by atoms with Crippen LogP contribution >= 0.6 is 36.6 Å². The fraction of sp³-hybridized carbons (Fsp3) is 0.636. The maximum absolute atomic E-state index is 5.89. The summed E-state index contributed by atoms with van der Waals surface area (Å²) in [5, 5.41) is 0. The average molecular weight is 276 g/mol. The third-order valence-corrected chi connectivity index (χ3v) is 5.19. The van der Waals surface area contributed by atoms with Gasteiger partial charge in [0.1, 0.15) is 0 Å². The first-order valence-electron chi connectivity index (χ1n) is 5.19. The Bertz CT molecular complexity index is 352. The SMILES string of the molecule is Cc1sc(C)c2c1OCC(CS)(CS)CO2. The number of ether oxygens (including phenoxy) is 2. The molecule has 2 heterocycles. The van der Waals surface area contributed by atoms with Crippen molar-refractivity contribution in [2.24, 2.45) is 5.41 Å². The van der Waals surface area contributed by atoms with E-state index in [-0.39, 0.29) is 5.41 Å². The Balaban J connectivity index is 2.28. The van der Waals surface area contributed by atoms with Crippen molar-refractivity contribution in [1.29, 1.82) is 0 Å². The van der Waals surface area contributed by atoms with Gasteiger partial charge in [0, 0.05) is 21.3 Å². The Morgan fingerprint density at radius 3 is 1.88 bits per heavy atom. The topological polar surface area (TPSA) is 18.5 Å². The first kappa shape index (κ1) is 12.5. The molecule has 1 aromatic heterocycles. The van der Waals surface area contributed by atoms with Crippen molar-refractivity contribution in [3.8, 4) is 11.5 Å². The first-order chi connectivity index (χ1) is 7.62. The molecule has 0 unspecified atom stereocenters. The summed E-state index contributed by atoms with van der Waals surface area (Å²) in [6.07, 6.45) is 0. The molecule has 1 aliphatic rings. The largest absolute Gasteiger partial charge is 0.488 e. The summed E-state index contributed by atoms with van der Waals surface area (Å²) in [4.78, 5) is 2.36. The van der Waals surface area contributed by atoms with Crippen LogP contribution < -0.4 is 9.47 Å². The standard InChI is InChI=1S/C11H16O2S3/c1-7-9-10(8(2)16-7)13-4-11(5-14,6-15)3-12-9/h14-15H,3-6H2,1-2H3. The lowest BCUT2D eigenvalue weighted by Crippen LogP contribution is -2.37. The summed E-state index contributed by atoms with van der Waals surface area (Å²) in [5.74, 6) is 3.27. The Morgan fingerprint density at radius 2 is 1.50 bits per heavy atom. The van der Waals surface area contributed by atoms with E-state index in [9.17, 15) is 0 Å². The zero-order valence-corrected chi connectivity index (χ0v) is 12.1. The lowest BCUT2D eigenvalue weighted by molar-refractivity contribution is 0.149. The molecule has 0 radical (unpaired) electrons. The second-order valence-corrected chi connectivity index (χ2v) is 6.33. The Morgan fingerprint density at radius 1 is 1.06 bits per heavy atom. The molecule has 0 fully saturated rings. The molecular weight excluding hydrogens is 260 g/mol. The zero-order chi connectivity index (χ0) is 11.8. The summed E-state index contributed by atoms with van der Waals surface area (Å²) in [6.45, 7) is 5.39. The molecule has 90 valence electrons. The van der Waals surface area contributed by atoms with Gasteiger partial charge in [0.25, 0.3) is 0 Å². The van der Waals surface area contributed by atoms with Crippen LogP contribution in [0.3, 0.4) is 0 Å². The van der Waals surface area contributed by atoms with Crippen LogP contribution in [0.1, 0.15) is 9.75 Å². The van der Waals surface area contributed by atoms with Crippen molar-refractivity contribution >= 4 is 36.6 Å². The molecule has 0 atom stereocenters. The van der Waals surface area contributed by atoms with Crippen molar-refractivity contribution in [2.45, 2.75) is 13.8 Å². The highest BCUT2D eigenvalue weighted by Crippen LogP contribution is 2.44. The van der Waals surface area contributed by atoms with Crippen LogP contribution in [-0.4, -0.2) is 24.7 Å². The smallest absolute Gasteiger partial charge is 0.175 e. The highest BCUT2D eigenvalue weighted by molar-refractivity contribution is 7.81. The minimum atomic E-state index is -0.0816. The molecule has 0 N–H and O–H groups in total. The van der Waals surface area contributed by atoms with Gasteiger partial charge >= 0.3 is 0 Å². The van der Waals surface area contributed by atoms with Gasteiger partial charge in [-0.3, -0.25) is 0 Å². The highest BCUT2D eigenvalue weighted by Gasteiger charge is 2.34. The summed E-state index contributed by atoms with van der Waals surface area (Å²) in [7, 11) is 0. The van der Waals surface area contributed by atoms with Crippen LogP contribution in [0.25, 0.3) is 0 Å². The van der Waals surface area contributed by atoms with Crippen LogP contribution in [0.2, 0.25) is 0 Å². The van der Waals surface area contributed by atoms with Crippen LogP contribution in [0, 0.1) is 19.3 Å². The van der Waals surface area contributed by atoms with Gasteiger partial charge in [-0.1, -0.05) is 0 Å². The molecule has 5 heteroatoms. The van der Waals surface area contributed by atoms with Gasteiger partial charge in [0.05, 0.1) is 18.6 Å². The monoisotopic (exact) mass is 276 g/mol. The molecule has 2 rings (SSSR count). The molecule has 0 aromatic carbocycles. The molecule has 0 saturated carbocycles. The number of hydrogen-bond acceptors (Lipinski definition) is 5. The minimum absolute atomic E-state index is 0.0816. The van der Waals surface area contributed by atoms with Gasteiger partial charge < -0.3 is 9.47 Å². The maximum Gasteiger partial charge on any atom is 0.175 e. The molecule has 0 saturated heterocycles. The lowest BCUT2D eigenvalue weighted by atomic mass is 9.95. The van der Waals surface area contributed by atoms with E-state index in [0.29, 0.717) is 13.2 Å². The number of fused-ring (bicyclic) bond motifs is 1. The van der Waals surface area contributed by atoms with E-state index in [4.69, 9.17) is 9.47 Å². The van der Waals surface area contributed by atoms with E-state index in [1.165, 1.54) is 9.75 Å². The van der Waals surface area contributed by atoms with Crippen LogP contribution in [0.4, 0.5) is 0 Å². The van der Waals surface area contributed by atoms with Crippen LogP contribution in [-0.2, 0) is 0 Å². The van der Waals surface area contributed by atoms with E-state index in [2.05, 4.69) is 39.1 Å². The number of hydrogen-bond donors (Lipinski definition) is 2. The van der Waals surface area contributed by atoms with Crippen LogP contribution in [0.15, 0.2) is 0 Å². The number of aryl methyl sites for hydroxylation is 2. The van der Waals surface area contributed by atoms with Crippen molar-refractivity contribution < 1.29 is 9.47 Å². The van der Waals surface area contributed by atoms with E-state index < -0.39 is 0 Å². The zero-order valence-electron chi connectivity index (χ0n) is 9.45. The predicted molar refractivity (Wildman–Crippen MR) is 74.9 cm³/mol. The van der Waals surface area contributed by atoms with Gasteiger partial charge in [-0.25, -0.2) is 0 Å². The Kier molecular flexibility index (Phi) is 3.66. The quantitative estimate of drug-likeness (QED) is 0.809. The van der Waals surface area contributed by atoms with Crippen molar-refractivity contribution in [3.05, 3.63) is 9.75 Å². The van der Waals surface area contributed by atoms with Crippen LogP contribution in [0.5, 0.6) is 11.5 Å². The Labute approximate surface area is 111 Å². The molecule has 0 amide bonds. The van der Waals surface area contributed by atoms with Gasteiger partial charge in [-0.2, -0.15) is 25.3 Å². The summed E-state index contributed by atoms with van der Waals surface area (Å²) in [5.41, 5.74) is -0.0816. The van der Waals surface area contributed by atoms with Crippen molar-refractivity contribution in [2.75, 3.05) is 24.7 Å². The fourth-order valence-corrected chi connectivity index (χ4v) is 3.41. The number of thiol groups is 2. The second kappa shape index (κ2) is 4.70. The van der Waals surface area contributed by atoms with Gasteiger partial charge in [0.15, 0.2) is 11.5 Å². The summed E-state index contributed by atoms with van der Waals surface area (Å²) in [6, 6.07) is 0. The Hall–Kier alpha value is -0.0000000000000000555. The molecule has 2 nitrogen and oxygen atoms in total. The predicted octanol–water partition coefficient (Wildman–Crippen LogP) is 2.98. The number of thiophene rings is 1. The van der Waals surface area contributed by atoms with E-state index in [1.54, 1.807) is 11.3 Å². The summed E-state index contributed by atoms with van der Waals surface area (Å²) >= 11 is 10.5. The highest BCUT2D eigenvalue weighted by atomic mass is 32.1. The molecule has 1 aliphatic heterocycles. The van der Waals surface area contributed by atoms with Gasteiger partial charge in [-0.05, 0) is 13.8 Å². The minimum Gasteiger partial charge on any atom is -0.488 e. The normalized spacial score (nSPS) is 18.2. The number of rotatable bonds is 2. The van der Waals surface area contributed by atoms with E-state index in [0.717, 1.165) is 23.0 Å². The first-order valence-corrected chi connectivity index (χ1v) is 7.27. The lowest BCUT2D eigenvalue weighted by Gasteiger charge is -2.27. The molecule has 0 aliphatic carbocycles.